The highest BCUT2D eigenvalue weighted by atomic mass is 35.5. The second kappa shape index (κ2) is 6.26. The first-order valence-electron chi connectivity index (χ1n) is 7.86. The van der Waals surface area contributed by atoms with Crippen molar-refractivity contribution in [3.05, 3.63) is 57.8 Å². The van der Waals surface area contributed by atoms with E-state index in [-0.39, 0.29) is 17.2 Å². The number of hydrogen-bond acceptors (Lipinski definition) is 5. The van der Waals surface area contributed by atoms with Crippen LogP contribution in [0.15, 0.2) is 47.2 Å². The topological polar surface area (TPSA) is 101 Å². The summed E-state index contributed by atoms with van der Waals surface area (Å²) in [4.78, 5) is 2.09. The molecule has 25 heavy (non-hydrogen) atoms. The van der Waals surface area contributed by atoms with Gasteiger partial charge >= 0.3 is 0 Å². The number of halogens is 1. The van der Waals surface area contributed by atoms with Gasteiger partial charge in [-0.15, -0.1) is 0 Å². The molecular weight excluding hydrogens is 334 g/mol. The Morgan fingerprint density at radius 3 is 2.52 bits per heavy atom. The average molecular weight is 350 g/mol. The molecule has 0 radical (unpaired) electrons. The Morgan fingerprint density at radius 1 is 1.24 bits per heavy atom. The molecule has 0 bridgehead atoms. The quantitative estimate of drug-likeness (QED) is 0.840. The lowest BCUT2D eigenvalue weighted by molar-refractivity contribution is 0.238. The third-order valence-electron chi connectivity index (χ3n) is 5.09. The van der Waals surface area contributed by atoms with E-state index in [1.807, 2.05) is 25.3 Å². The van der Waals surface area contributed by atoms with Crippen LogP contribution in [0.5, 0.6) is 0 Å². The molecule has 6 heteroatoms. The lowest BCUT2D eigenvalue weighted by Crippen LogP contribution is -2.47. The molecule has 1 aliphatic heterocycles. The predicted octanol–water partition coefficient (Wildman–Crippen LogP) is 2.70. The second-order valence-corrected chi connectivity index (χ2v) is 6.83. The molecule has 5 nitrogen and oxygen atoms in total. The van der Waals surface area contributed by atoms with E-state index >= 15 is 0 Å². The van der Waals surface area contributed by atoms with Crippen molar-refractivity contribution >= 4 is 11.6 Å². The maximum atomic E-state index is 9.93. The largest absolute Gasteiger partial charge is 0.399 e. The predicted molar refractivity (Wildman–Crippen MR) is 93.7 cm³/mol. The van der Waals surface area contributed by atoms with Crippen LogP contribution in [0.2, 0.25) is 5.02 Å². The van der Waals surface area contributed by atoms with E-state index in [0.29, 0.717) is 23.7 Å². The highest BCUT2D eigenvalue weighted by Crippen LogP contribution is 2.55. The van der Waals surface area contributed by atoms with Crippen molar-refractivity contribution in [1.29, 1.82) is 15.8 Å². The first-order chi connectivity index (χ1) is 12.0. The zero-order chi connectivity index (χ0) is 18.2. The number of allylic oxidation sites excluding steroid dienone is 2. The van der Waals surface area contributed by atoms with Gasteiger partial charge in [-0.2, -0.15) is 15.8 Å². The third kappa shape index (κ3) is 2.39. The molecule has 1 aromatic rings. The Hall–Kier alpha value is -2.78. The molecule has 0 saturated carbocycles. The van der Waals surface area contributed by atoms with Crippen LogP contribution in [-0.2, 0) is 0 Å². The molecule has 2 aliphatic rings. The lowest BCUT2D eigenvalue weighted by atomic mass is 9.58. The molecule has 1 aliphatic carbocycles. The van der Waals surface area contributed by atoms with Gasteiger partial charge in [0.15, 0.2) is 5.41 Å². The summed E-state index contributed by atoms with van der Waals surface area (Å²) in [6.07, 6.45) is 1.96. The summed E-state index contributed by atoms with van der Waals surface area (Å²) in [6, 6.07) is 13.5. The van der Waals surface area contributed by atoms with E-state index in [9.17, 15) is 15.8 Å². The van der Waals surface area contributed by atoms with Crippen LogP contribution in [0.3, 0.4) is 0 Å². The number of nitrogens with zero attached hydrogens (tertiary/aromatic N) is 4. The van der Waals surface area contributed by atoms with Gasteiger partial charge in [-0.05, 0) is 24.3 Å². The average Bonchev–Trinajstić information content (AvgIpc) is 2.62. The van der Waals surface area contributed by atoms with Crippen LogP contribution < -0.4 is 5.73 Å². The van der Waals surface area contributed by atoms with Crippen molar-refractivity contribution in [1.82, 2.24) is 4.90 Å². The van der Waals surface area contributed by atoms with E-state index < -0.39 is 11.3 Å². The SMILES string of the molecule is CN1CC=C2C(C#N)=C(N)C(C#N)(C#N)C(c3ccccc3Cl)C2C1. The fourth-order valence-electron chi connectivity index (χ4n) is 3.90. The minimum Gasteiger partial charge on any atom is -0.399 e. The zero-order valence-electron chi connectivity index (χ0n) is 13.7. The van der Waals surface area contributed by atoms with Crippen LogP contribution in [0.1, 0.15) is 11.5 Å². The number of nitriles is 3. The number of likely N-dealkylation sites (N-methyl/N-ethyl adjacent to an activating group) is 1. The molecular formula is C19H16ClN5. The second-order valence-electron chi connectivity index (χ2n) is 6.42. The molecule has 0 saturated heterocycles. The molecule has 1 aromatic carbocycles. The maximum absolute atomic E-state index is 9.93. The Labute approximate surface area is 151 Å². The summed E-state index contributed by atoms with van der Waals surface area (Å²) in [6.45, 7) is 1.30. The summed E-state index contributed by atoms with van der Waals surface area (Å²) in [7, 11) is 1.96. The van der Waals surface area contributed by atoms with Gasteiger partial charge in [-0.3, -0.25) is 0 Å². The Kier molecular flexibility index (Phi) is 4.27. The van der Waals surface area contributed by atoms with Gasteiger partial charge in [0.1, 0.15) is 6.07 Å². The van der Waals surface area contributed by atoms with Crippen molar-refractivity contribution in [2.45, 2.75) is 5.92 Å². The third-order valence-corrected chi connectivity index (χ3v) is 5.43. The fourth-order valence-corrected chi connectivity index (χ4v) is 4.15. The van der Waals surface area contributed by atoms with Crippen molar-refractivity contribution in [2.24, 2.45) is 17.1 Å². The Bertz CT molecular complexity index is 895. The molecule has 0 aromatic heterocycles. The number of rotatable bonds is 1. The first kappa shape index (κ1) is 17.1. The van der Waals surface area contributed by atoms with Gasteiger partial charge in [-0.25, -0.2) is 0 Å². The van der Waals surface area contributed by atoms with Gasteiger partial charge in [0.05, 0.1) is 23.4 Å². The molecule has 2 N–H and O–H groups in total. The molecule has 0 amide bonds. The standard InChI is InChI=1S/C19H16ClN5/c1-25-7-6-12-14(8-21)18(24)19(10-22,11-23)17(15(12)9-25)13-4-2-3-5-16(13)20/h2-6,15,17H,7,9,24H2,1H3. The van der Waals surface area contributed by atoms with Crippen LogP contribution >= 0.6 is 11.6 Å². The van der Waals surface area contributed by atoms with Crippen LogP contribution in [0.4, 0.5) is 0 Å². The smallest absolute Gasteiger partial charge is 0.191 e. The molecule has 2 atom stereocenters. The van der Waals surface area contributed by atoms with Crippen LogP contribution in [0.25, 0.3) is 0 Å². The van der Waals surface area contributed by atoms with E-state index in [1.165, 1.54) is 0 Å². The Balaban J connectivity index is 2.37. The minimum absolute atomic E-state index is 0.0250. The Morgan fingerprint density at radius 2 is 1.92 bits per heavy atom. The van der Waals surface area contributed by atoms with E-state index in [2.05, 4.69) is 23.1 Å². The van der Waals surface area contributed by atoms with Gasteiger partial charge < -0.3 is 10.6 Å². The number of benzene rings is 1. The monoisotopic (exact) mass is 349 g/mol. The molecule has 2 unspecified atom stereocenters. The number of fused-ring (bicyclic) bond motifs is 1. The van der Waals surface area contributed by atoms with E-state index in [1.54, 1.807) is 12.1 Å². The number of hydrogen-bond donors (Lipinski definition) is 1. The molecule has 0 fully saturated rings. The normalized spacial score (nSPS) is 25.2. The molecule has 0 spiro atoms. The molecule has 3 rings (SSSR count). The summed E-state index contributed by atoms with van der Waals surface area (Å²) in [5.41, 5.74) is 6.39. The molecule has 124 valence electrons. The maximum Gasteiger partial charge on any atom is 0.191 e. The van der Waals surface area contributed by atoms with Gasteiger partial charge in [0.2, 0.25) is 0 Å². The fraction of sp³-hybridized carbons (Fsp3) is 0.316. The van der Waals surface area contributed by atoms with Gasteiger partial charge in [0.25, 0.3) is 0 Å². The van der Waals surface area contributed by atoms with Crippen molar-refractivity contribution in [3.8, 4) is 18.2 Å². The zero-order valence-corrected chi connectivity index (χ0v) is 14.5. The van der Waals surface area contributed by atoms with E-state index in [0.717, 1.165) is 5.57 Å². The highest BCUT2D eigenvalue weighted by molar-refractivity contribution is 6.31. The van der Waals surface area contributed by atoms with Crippen LogP contribution in [-0.4, -0.2) is 25.0 Å². The first-order valence-corrected chi connectivity index (χ1v) is 8.24. The minimum atomic E-state index is -1.63. The summed E-state index contributed by atoms with van der Waals surface area (Å²) < 4.78 is 0. The summed E-state index contributed by atoms with van der Waals surface area (Å²) in [5, 5.41) is 30.0. The van der Waals surface area contributed by atoms with Gasteiger partial charge in [0, 0.05) is 29.9 Å². The van der Waals surface area contributed by atoms with Crippen molar-refractivity contribution in [2.75, 3.05) is 20.1 Å². The number of nitrogens with two attached hydrogens (primary N) is 1. The van der Waals surface area contributed by atoms with Crippen molar-refractivity contribution < 1.29 is 0 Å². The molecule has 1 heterocycles. The highest BCUT2D eigenvalue weighted by Gasteiger charge is 2.54. The van der Waals surface area contributed by atoms with Crippen LogP contribution in [0, 0.1) is 45.3 Å². The van der Waals surface area contributed by atoms with Gasteiger partial charge in [-0.1, -0.05) is 35.9 Å². The lowest BCUT2D eigenvalue weighted by Gasteiger charge is -2.45. The summed E-state index contributed by atoms with van der Waals surface area (Å²) >= 11 is 6.41. The summed E-state index contributed by atoms with van der Waals surface area (Å²) in [5.74, 6) is -0.748. The van der Waals surface area contributed by atoms with Crippen molar-refractivity contribution in [3.63, 3.8) is 0 Å². The van der Waals surface area contributed by atoms with E-state index in [4.69, 9.17) is 17.3 Å².